The highest BCUT2D eigenvalue weighted by Gasteiger charge is 2.26. The van der Waals surface area contributed by atoms with Crippen LogP contribution in [0, 0.1) is 12.7 Å². The largest absolute Gasteiger partial charge is 0.370 e. The molecule has 0 radical (unpaired) electrons. The van der Waals surface area contributed by atoms with E-state index in [1.54, 1.807) is 13.0 Å². The van der Waals surface area contributed by atoms with Gasteiger partial charge in [-0.2, -0.15) is 0 Å². The number of nitrogens with zero attached hydrogens (tertiary/aromatic N) is 2. The van der Waals surface area contributed by atoms with E-state index in [0.717, 1.165) is 30.0 Å². The summed E-state index contributed by atoms with van der Waals surface area (Å²) < 4.78 is 13.8. The molecule has 1 heterocycles. The van der Waals surface area contributed by atoms with E-state index in [-0.39, 0.29) is 5.82 Å². The van der Waals surface area contributed by atoms with Gasteiger partial charge in [-0.3, -0.25) is 0 Å². The van der Waals surface area contributed by atoms with Crippen molar-refractivity contribution in [2.24, 2.45) is 0 Å². The summed E-state index contributed by atoms with van der Waals surface area (Å²) in [6.07, 6.45) is 3.41. The monoisotopic (exact) mass is 285 g/mol. The van der Waals surface area contributed by atoms with Gasteiger partial charge in [0.05, 0.1) is 0 Å². The fourth-order valence-electron chi connectivity index (χ4n) is 2.26. The van der Waals surface area contributed by atoms with Gasteiger partial charge in [0.15, 0.2) is 5.82 Å². The number of aromatic nitrogens is 2. The number of halogens is 1. The first-order valence-electron chi connectivity index (χ1n) is 7.56. The molecule has 3 nitrogen and oxygen atoms in total. The fourth-order valence-corrected chi connectivity index (χ4v) is 2.26. The van der Waals surface area contributed by atoms with E-state index >= 15 is 0 Å². The molecule has 0 amide bonds. The smallest absolute Gasteiger partial charge is 0.161 e. The third-order valence-corrected chi connectivity index (χ3v) is 3.73. The van der Waals surface area contributed by atoms with Crippen LogP contribution in [0.25, 0.3) is 11.4 Å². The van der Waals surface area contributed by atoms with E-state index in [4.69, 9.17) is 0 Å². The summed E-state index contributed by atoms with van der Waals surface area (Å²) in [5, 5.41) is 3.31. The second kappa shape index (κ2) is 5.80. The minimum absolute atomic E-state index is 0.212. The van der Waals surface area contributed by atoms with Crippen molar-refractivity contribution in [3.63, 3.8) is 0 Å². The molecule has 0 aliphatic heterocycles. The van der Waals surface area contributed by atoms with E-state index < -0.39 is 0 Å². The second-order valence-electron chi connectivity index (χ2n) is 5.67. The first kappa shape index (κ1) is 14.0. The lowest BCUT2D eigenvalue weighted by Gasteiger charge is -2.10. The molecule has 1 aliphatic rings. The standard InChI is InChI=1S/C17H20FN3/c1-3-8-19-16-10-15(12-6-7-12)20-17(21-16)13-5-4-11(2)14(18)9-13/h4-5,9-10,12H,3,6-8H2,1-2H3,(H,19,20,21). The van der Waals surface area contributed by atoms with Gasteiger partial charge in [0.25, 0.3) is 0 Å². The number of anilines is 1. The Balaban J connectivity index is 1.99. The first-order valence-corrected chi connectivity index (χ1v) is 7.56. The number of hydrogen-bond acceptors (Lipinski definition) is 3. The first-order chi connectivity index (χ1) is 10.2. The van der Waals surface area contributed by atoms with Gasteiger partial charge in [0, 0.05) is 29.8 Å². The summed E-state index contributed by atoms with van der Waals surface area (Å²) in [7, 11) is 0. The molecule has 1 saturated carbocycles. The average molecular weight is 285 g/mol. The second-order valence-corrected chi connectivity index (χ2v) is 5.67. The summed E-state index contributed by atoms with van der Waals surface area (Å²) in [6, 6.07) is 7.21. The highest BCUT2D eigenvalue weighted by Crippen LogP contribution is 2.40. The highest BCUT2D eigenvalue weighted by atomic mass is 19.1. The number of hydrogen-bond donors (Lipinski definition) is 1. The average Bonchev–Trinajstić information content (AvgIpc) is 3.32. The quantitative estimate of drug-likeness (QED) is 0.890. The minimum atomic E-state index is -0.212. The van der Waals surface area contributed by atoms with Gasteiger partial charge >= 0.3 is 0 Å². The van der Waals surface area contributed by atoms with Crippen LogP contribution >= 0.6 is 0 Å². The molecule has 4 heteroatoms. The van der Waals surface area contributed by atoms with E-state index in [1.165, 1.54) is 18.9 Å². The maximum absolute atomic E-state index is 13.8. The topological polar surface area (TPSA) is 37.8 Å². The van der Waals surface area contributed by atoms with Crippen molar-refractivity contribution in [2.75, 3.05) is 11.9 Å². The van der Waals surface area contributed by atoms with E-state index in [2.05, 4.69) is 22.2 Å². The summed E-state index contributed by atoms with van der Waals surface area (Å²) >= 11 is 0. The van der Waals surface area contributed by atoms with Crippen LogP contribution in [-0.2, 0) is 0 Å². The molecule has 0 spiro atoms. The lowest BCUT2D eigenvalue weighted by molar-refractivity contribution is 0.619. The van der Waals surface area contributed by atoms with Crippen LogP contribution in [0.3, 0.4) is 0 Å². The summed E-state index contributed by atoms with van der Waals surface area (Å²) in [4.78, 5) is 9.16. The SMILES string of the molecule is CCCNc1cc(C2CC2)nc(-c2ccc(C)c(F)c2)n1. The fraction of sp³-hybridized carbons (Fsp3) is 0.412. The maximum atomic E-state index is 13.8. The van der Waals surface area contributed by atoms with Crippen LogP contribution in [0.15, 0.2) is 24.3 Å². The van der Waals surface area contributed by atoms with Gasteiger partial charge in [-0.05, 0) is 37.8 Å². The molecule has 1 aromatic heterocycles. The van der Waals surface area contributed by atoms with E-state index in [0.29, 0.717) is 17.3 Å². The van der Waals surface area contributed by atoms with Crippen LogP contribution in [0.5, 0.6) is 0 Å². The molecular formula is C17H20FN3. The zero-order chi connectivity index (χ0) is 14.8. The van der Waals surface area contributed by atoms with Gasteiger partial charge in [0.2, 0.25) is 0 Å². The Kier molecular flexibility index (Phi) is 3.86. The normalized spacial score (nSPS) is 14.2. The van der Waals surface area contributed by atoms with Gasteiger partial charge in [-0.1, -0.05) is 19.1 Å². The summed E-state index contributed by atoms with van der Waals surface area (Å²) in [5.74, 6) is 1.78. The Morgan fingerprint density at radius 2 is 2.05 bits per heavy atom. The van der Waals surface area contributed by atoms with Crippen LogP contribution in [0.4, 0.5) is 10.2 Å². The molecule has 0 bridgehead atoms. The predicted octanol–water partition coefficient (Wildman–Crippen LogP) is 4.29. The van der Waals surface area contributed by atoms with Crippen LogP contribution in [0.1, 0.15) is 43.4 Å². The molecule has 110 valence electrons. The molecule has 1 N–H and O–H groups in total. The number of nitrogens with one attached hydrogen (secondary N) is 1. The third-order valence-electron chi connectivity index (χ3n) is 3.73. The molecule has 2 aromatic rings. The Bertz CT molecular complexity index is 650. The highest BCUT2D eigenvalue weighted by molar-refractivity contribution is 5.58. The molecular weight excluding hydrogens is 265 g/mol. The zero-order valence-corrected chi connectivity index (χ0v) is 12.5. The lowest BCUT2D eigenvalue weighted by Crippen LogP contribution is -2.05. The summed E-state index contributed by atoms with van der Waals surface area (Å²) in [6.45, 7) is 4.75. The van der Waals surface area contributed by atoms with Crippen LogP contribution in [-0.4, -0.2) is 16.5 Å². The summed E-state index contributed by atoms with van der Waals surface area (Å²) in [5.41, 5.74) is 2.45. The molecule has 1 aliphatic carbocycles. The van der Waals surface area contributed by atoms with Crippen LogP contribution in [0.2, 0.25) is 0 Å². The van der Waals surface area contributed by atoms with Gasteiger partial charge in [0.1, 0.15) is 11.6 Å². The minimum Gasteiger partial charge on any atom is -0.370 e. The number of rotatable bonds is 5. The Labute approximate surface area is 124 Å². The van der Waals surface area contributed by atoms with Crippen molar-refractivity contribution in [3.8, 4) is 11.4 Å². The van der Waals surface area contributed by atoms with Crippen molar-refractivity contribution in [1.29, 1.82) is 0 Å². The predicted molar refractivity (Wildman–Crippen MR) is 82.9 cm³/mol. The van der Waals surface area contributed by atoms with Crippen LogP contribution < -0.4 is 5.32 Å². The maximum Gasteiger partial charge on any atom is 0.161 e. The van der Waals surface area contributed by atoms with Gasteiger partial charge in [-0.15, -0.1) is 0 Å². The van der Waals surface area contributed by atoms with E-state index in [9.17, 15) is 4.39 Å². The Hall–Kier alpha value is -1.97. The molecule has 1 fully saturated rings. The van der Waals surface area contributed by atoms with Crippen molar-refractivity contribution in [3.05, 3.63) is 41.3 Å². The Morgan fingerprint density at radius 1 is 1.24 bits per heavy atom. The molecule has 0 atom stereocenters. The molecule has 0 saturated heterocycles. The van der Waals surface area contributed by atoms with Crippen molar-refractivity contribution in [2.45, 2.75) is 39.0 Å². The van der Waals surface area contributed by atoms with Gasteiger partial charge < -0.3 is 5.32 Å². The number of benzene rings is 1. The van der Waals surface area contributed by atoms with Crippen molar-refractivity contribution in [1.82, 2.24) is 9.97 Å². The molecule has 21 heavy (non-hydrogen) atoms. The Morgan fingerprint density at radius 3 is 2.71 bits per heavy atom. The molecule has 3 rings (SSSR count). The lowest BCUT2D eigenvalue weighted by atomic mass is 10.1. The third kappa shape index (κ3) is 3.20. The van der Waals surface area contributed by atoms with Crippen molar-refractivity contribution < 1.29 is 4.39 Å². The van der Waals surface area contributed by atoms with Gasteiger partial charge in [-0.25, -0.2) is 14.4 Å². The molecule has 1 aromatic carbocycles. The zero-order valence-electron chi connectivity index (χ0n) is 12.5. The molecule has 0 unspecified atom stereocenters. The number of aryl methyl sites for hydroxylation is 1. The van der Waals surface area contributed by atoms with E-state index in [1.807, 2.05) is 12.1 Å². The van der Waals surface area contributed by atoms with Crippen molar-refractivity contribution >= 4 is 5.82 Å².